The molecule has 0 bridgehead atoms. The van der Waals surface area contributed by atoms with E-state index in [1.54, 1.807) is 0 Å². The molecule has 0 atom stereocenters. The lowest BCUT2D eigenvalue weighted by Gasteiger charge is -2.14. The Hall–Kier alpha value is -7.01. The van der Waals surface area contributed by atoms with Crippen molar-refractivity contribution in [1.82, 2.24) is 0 Å². The molecule has 75 heavy (non-hydrogen) atoms. The maximum absolute atomic E-state index is 13.3. The molecule has 30 nitrogen and oxygen atoms in total. The highest BCUT2D eigenvalue weighted by Crippen LogP contribution is 2.50. The van der Waals surface area contributed by atoms with Crippen molar-refractivity contribution in [2.45, 2.75) is 31.4 Å². The number of carbonyl (C=O) groups is 1. The smallest absolute Gasteiger partial charge is 0.296 e. The normalized spacial score (nSPS) is 12.6. The minimum absolute atomic E-state index is 0.0822. The summed E-state index contributed by atoms with van der Waals surface area (Å²) < 4.78 is 144. The summed E-state index contributed by atoms with van der Waals surface area (Å²) in [5.41, 5.74) is 10.7. The molecule has 0 fully saturated rings. The van der Waals surface area contributed by atoms with Crippen molar-refractivity contribution in [1.29, 1.82) is 0 Å². The van der Waals surface area contributed by atoms with Crippen molar-refractivity contribution >= 4 is 138 Å². The van der Waals surface area contributed by atoms with Gasteiger partial charge in [0, 0.05) is 18.7 Å². The summed E-state index contributed by atoms with van der Waals surface area (Å²) in [4.78, 5) is 8.42. The first kappa shape index (κ1) is 57.3. The number of amides is 1. The molecule has 0 unspecified atom stereocenters. The van der Waals surface area contributed by atoms with Gasteiger partial charge in [0.05, 0.1) is 80.0 Å². The molecule has 6 aromatic carbocycles. The molecule has 0 saturated heterocycles. The lowest BCUT2D eigenvalue weighted by atomic mass is 10.1. The predicted octanol–water partition coefficient (Wildman–Crippen LogP) is 8.42. The summed E-state index contributed by atoms with van der Waals surface area (Å²) in [6.45, 7) is 0.748. The minimum Gasteiger partial charge on any atom is -0.505 e. The van der Waals surface area contributed by atoms with Crippen LogP contribution < -0.4 is 26.2 Å². The van der Waals surface area contributed by atoms with Crippen LogP contribution in [0.1, 0.15) is 6.92 Å². The van der Waals surface area contributed by atoms with Gasteiger partial charge in [-0.2, -0.15) is 27.1 Å². The third kappa shape index (κ3) is 14.4. The Morgan fingerprint density at radius 1 is 0.693 bits per heavy atom. The number of hydrogen-bond acceptors (Lipinski definition) is 28. The SMILES string of the molecule is COc1cc(/N=N/c2ccc(NS(=O)(=O)c3ccc(/N=N/c4c(S(=O)(=O)O)cc5cc(SOOO)c(/N=N/c6ccc(S(=O)(=O)CCOSOOO)cc6S(=O)(=O)O)c(N)c5c4O)cc3)cc2)c(NC(C)=O)cc1N. The van der Waals surface area contributed by atoms with Gasteiger partial charge in [-0.3, -0.25) is 22.8 Å². The fourth-order valence-electron chi connectivity index (χ4n) is 6.29. The summed E-state index contributed by atoms with van der Waals surface area (Å²) in [6, 6.07) is 17.3. The summed E-state index contributed by atoms with van der Waals surface area (Å²) in [6.07, 6.45) is 0. The van der Waals surface area contributed by atoms with Gasteiger partial charge in [0.25, 0.3) is 30.3 Å². The summed E-state index contributed by atoms with van der Waals surface area (Å²) in [5, 5.41) is 61.1. The van der Waals surface area contributed by atoms with E-state index in [-0.39, 0.29) is 79.6 Å². The number of rotatable bonds is 23. The number of nitrogens with one attached hydrogen (secondary N) is 2. The van der Waals surface area contributed by atoms with Crippen molar-refractivity contribution in [2.75, 3.05) is 41.0 Å². The van der Waals surface area contributed by atoms with Crippen LogP contribution >= 0.6 is 24.4 Å². The standard InChI is InChI=1S/C39H36N10O20S6/c1-20(50)42-29-18-27(40)31(64-2)19-30(29)46-43-22-3-5-24(6-4-22)49-73(56,57)25-9-7-23(8-10-25)44-48-38-34(75(61,62)63)16-21-15-32(70-68-66-52)37(36(41)35(21)39(38)51)47-45-28-12-11-26(17-33(28)74(58,59)60)72(54,55)14-13-65-71-69-67-53/h3-12,15-19,49,51-53H,13-14,40-41H2,1-2H3,(H,42,50)(H,58,59,60)(H,61,62,63)/b46-43+,47-45+,48-44+. The number of hydrogen-bond donors (Lipinski definition) is 9. The van der Waals surface area contributed by atoms with Gasteiger partial charge >= 0.3 is 0 Å². The van der Waals surface area contributed by atoms with E-state index in [4.69, 9.17) is 30.9 Å². The second-order valence-electron chi connectivity index (χ2n) is 14.5. The Labute approximate surface area is 432 Å². The van der Waals surface area contributed by atoms with Crippen LogP contribution in [0.2, 0.25) is 0 Å². The first-order chi connectivity index (χ1) is 35.4. The number of fused-ring (bicyclic) bond motifs is 1. The molecular weight excluding hydrogens is 1120 g/mol. The van der Waals surface area contributed by atoms with Crippen molar-refractivity contribution in [2.24, 2.45) is 30.7 Å². The zero-order valence-corrected chi connectivity index (χ0v) is 42.6. The maximum atomic E-state index is 13.3. The average molecular weight is 1160 g/mol. The predicted molar refractivity (Wildman–Crippen MR) is 265 cm³/mol. The number of methoxy groups -OCH3 is 1. The Kier molecular flexibility index (Phi) is 18.4. The number of nitrogens with zero attached hydrogens (tertiary/aromatic N) is 6. The zero-order valence-electron chi connectivity index (χ0n) is 37.7. The number of sulfonamides is 1. The van der Waals surface area contributed by atoms with E-state index in [1.807, 2.05) is 0 Å². The Morgan fingerprint density at radius 2 is 1.29 bits per heavy atom. The molecule has 0 radical (unpaired) electrons. The molecule has 0 aromatic heterocycles. The van der Waals surface area contributed by atoms with Gasteiger partial charge < -0.3 is 26.6 Å². The molecule has 1 amide bonds. The van der Waals surface area contributed by atoms with Crippen molar-refractivity contribution in [3.05, 3.63) is 91.0 Å². The molecule has 36 heteroatoms. The topological polar surface area (TPSA) is 460 Å². The Balaban J connectivity index is 1.28. The third-order valence-corrected chi connectivity index (χ3v) is 15.4. The van der Waals surface area contributed by atoms with Crippen LogP contribution in [0, 0.1) is 0 Å². The molecule has 0 aliphatic carbocycles. The van der Waals surface area contributed by atoms with Crippen LogP contribution in [-0.4, -0.2) is 83.8 Å². The summed E-state index contributed by atoms with van der Waals surface area (Å²) in [5.74, 6) is -1.91. The van der Waals surface area contributed by atoms with Crippen LogP contribution in [0.25, 0.3) is 10.8 Å². The van der Waals surface area contributed by atoms with E-state index in [9.17, 15) is 52.7 Å². The molecule has 11 N–H and O–H groups in total. The van der Waals surface area contributed by atoms with Gasteiger partial charge in [0.2, 0.25) is 5.91 Å². The van der Waals surface area contributed by atoms with E-state index >= 15 is 0 Å². The fraction of sp³-hybridized carbons (Fsp3) is 0.103. The van der Waals surface area contributed by atoms with E-state index < -0.39 is 101 Å². The number of ether oxygens (including phenoxy) is 1. The monoisotopic (exact) mass is 1160 g/mol. The van der Waals surface area contributed by atoms with Crippen molar-refractivity contribution in [3.8, 4) is 11.5 Å². The summed E-state index contributed by atoms with van der Waals surface area (Å²) >= 11 is 0.257. The Bertz CT molecular complexity index is 3700. The van der Waals surface area contributed by atoms with Gasteiger partial charge in [-0.05, 0) is 90.3 Å². The second kappa shape index (κ2) is 24.1. The zero-order chi connectivity index (χ0) is 54.9. The lowest BCUT2D eigenvalue weighted by molar-refractivity contribution is -0.434. The number of sulfone groups is 1. The number of azo groups is 3. The van der Waals surface area contributed by atoms with Crippen LogP contribution in [0.3, 0.4) is 0 Å². The third-order valence-electron chi connectivity index (χ3n) is 9.58. The van der Waals surface area contributed by atoms with Crippen molar-refractivity contribution in [3.63, 3.8) is 0 Å². The molecule has 0 spiro atoms. The quantitative estimate of drug-likeness (QED) is 0.00552. The highest BCUT2D eigenvalue weighted by Gasteiger charge is 2.27. The van der Waals surface area contributed by atoms with E-state index in [2.05, 4.69) is 59.5 Å². The number of phenolic OH excluding ortho intramolecular Hbond substituents is 1. The van der Waals surface area contributed by atoms with Gasteiger partial charge in [-0.25, -0.2) is 27.4 Å². The number of nitrogens with two attached hydrogens (primary N) is 2. The molecule has 0 saturated carbocycles. The van der Waals surface area contributed by atoms with Gasteiger partial charge in [-0.1, -0.05) is 10.1 Å². The largest absolute Gasteiger partial charge is 0.505 e. The van der Waals surface area contributed by atoms with Gasteiger partial charge in [-0.15, -0.1) is 29.1 Å². The second-order valence-corrected chi connectivity index (χ2v) is 22.3. The number of benzene rings is 6. The van der Waals surface area contributed by atoms with Gasteiger partial charge in [0.1, 0.15) is 38.3 Å². The number of aromatic hydroxyl groups is 1. The first-order valence-electron chi connectivity index (χ1n) is 19.9. The van der Waals surface area contributed by atoms with Crippen LogP contribution in [0.5, 0.6) is 11.5 Å². The highest BCUT2D eigenvalue weighted by molar-refractivity contribution is 7.94. The van der Waals surface area contributed by atoms with Crippen molar-refractivity contribution < 1.29 is 90.9 Å². The van der Waals surface area contributed by atoms with Gasteiger partial charge in [0.15, 0.2) is 27.9 Å². The number of phenols is 1. The van der Waals surface area contributed by atoms with Crippen LogP contribution in [-0.2, 0) is 67.8 Å². The number of nitrogen functional groups attached to an aromatic ring is 2. The van der Waals surface area contributed by atoms with Crippen LogP contribution in [0.15, 0.2) is 146 Å². The molecule has 6 aromatic rings. The fourth-order valence-corrected chi connectivity index (χ4v) is 10.7. The lowest BCUT2D eigenvalue weighted by Crippen LogP contribution is -2.12. The summed E-state index contributed by atoms with van der Waals surface area (Å²) in [7, 11) is -17.7. The molecule has 0 heterocycles. The molecule has 6 rings (SSSR count). The van der Waals surface area contributed by atoms with Crippen LogP contribution in [0.4, 0.5) is 56.9 Å². The highest BCUT2D eigenvalue weighted by atomic mass is 32.2. The minimum atomic E-state index is -5.25. The average Bonchev–Trinajstić information content (AvgIpc) is 3.34. The van der Waals surface area contributed by atoms with E-state index in [0.717, 1.165) is 48.5 Å². The number of carbonyl (C=O) groups excluding carboxylic acids is 1. The molecular formula is C39H36N10O20S6. The molecule has 398 valence electrons. The first-order valence-corrected chi connectivity index (χ1v) is 27.4. The molecule has 0 aliphatic rings. The molecule has 0 aliphatic heterocycles. The van der Waals surface area contributed by atoms with E-state index in [0.29, 0.717) is 11.8 Å². The van der Waals surface area contributed by atoms with E-state index in [1.165, 1.54) is 50.4 Å². The number of anilines is 4. The Morgan fingerprint density at radius 3 is 1.91 bits per heavy atom. The maximum Gasteiger partial charge on any atom is 0.296 e.